The number of benzene rings is 1. The number of amides is 1. The van der Waals surface area contributed by atoms with Crippen molar-refractivity contribution in [1.29, 1.82) is 0 Å². The van der Waals surface area contributed by atoms with Gasteiger partial charge in [0.1, 0.15) is 0 Å². The lowest BCUT2D eigenvalue weighted by Gasteiger charge is -2.03. The van der Waals surface area contributed by atoms with Gasteiger partial charge in [-0.25, -0.2) is 0 Å². The average molecular weight is 257 g/mol. The van der Waals surface area contributed by atoms with Gasteiger partial charge in [-0.2, -0.15) is 5.10 Å². The maximum atomic E-state index is 11.9. The Balaban J connectivity index is 2.12. The molecular formula is C14H15N3O2. The smallest absolute Gasteiger partial charge is 0.276 e. The number of anilines is 1. The fourth-order valence-corrected chi connectivity index (χ4v) is 1.65. The second-order valence-corrected chi connectivity index (χ2v) is 4.38. The van der Waals surface area contributed by atoms with E-state index in [9.17, 15) is 9.59 Å². The molecule has 98 valence electrons. The van der Waals surface area contributed by atoms with Crippen LogP contribution in [0.2, 0.25) is 0 Å². The number of carbonyl (C=O) groups is 2. The fraction of sp³-hybridized carbons (Fsp3) is 0.214. The van der Waals surface area contributed by atoms with E-state index in [4.69, 9.17) is 0 Å². The Bertz CT molecular complexity index is 607. The van der Waals surface area contributed by atoms with Gasteiger partial charge in [0.2, 0.25) is 0 Å². The van der Waals surface area contributed by atoms with Gasteiger partial charge in [-0.15, -0.1) is 0 Å². The van der Waals surface area contributed by atoms with E-state index in [1.807, 2.05) is 6.92 Å². The van der Waals surface area contributed by atoms with Crippen LogP contribution in [0.3, 0.4) is 0 Å². The van der Waals surface area contributed by atoms with Gasteiger partial charge in [0.05, 0.1) is 0 Å². The van der Waals surface area contributed by atoms with Crippen molar-refractivity contribution in [2.45, 2.75) is 13.8 Å². The minimum Gasteiger partial charge on any atom is -0.321 e. The number of hydrogen-bond acceptors (Lipinski definition) is 3. The van der Waals surface area contributed by atoms with Gasteiger partial charge in [0.15, 0.2) is 11.5 Å². The summed E-state index contributed by atoms with van der Waals surface area (Å²) in [6, 6.07) is 8.48. The zero-order valence-corrected chi connectivity index (χ0v) is 11.1. The summed E-state index contributed by atoms with van der Waals surface area (Å²) < 4.78 is 1.65. The van der Waals surface area contributed by atoms with Crippen LogP contribution >= 0.6 is 0 Å². The maximum Gasteiger partial charge on any atom is 0.276 e. The van der Waals surface area contributed by atoms with Crippen LogP contribution in [0, 0.1) is 6.92 Å². The Kier molecular flexibility index (Phi) is 3.46. The number of hydrogen-bond donors (Lipinski definition) is 1. The van der Waals surface area contributed by atoms with E-state index in [2.05, 4.69) is 10.4 Å². The fourth-order valence-electron chi connectivity index (χ4n) is 1.65. The van der Waals surface area contributed by atoms with E-state index in [-0.39, 0.29) is 11.7 Å². The van der Waals surface area contributed by atoms with Crippen LogP contribution in [0.5, 0.6) is 0 Å². The number of aryl methyl sites for hydroxylation is 2. The first-order valence-electron chi connectivity index (χ1n) is 5.90. The van der Waals surface area contributed by atoms with Crippen LogP contribution in [0.25, 0.3) is 0 Å². The molecule has 5 heteroatoms. The first-order chi connectivity index (χ1) is 8.97. The lowest BCUT2D eigenvalue weighted by atomic mass is 10.1. The maximum absolute atomic E-state index is 11.9. The molecule has 0 atom stereocenters. The third-order valence-corrected chi connectivity index (χ3v) is 2.90. The summed E-state index contributed by atoms with van der Waals surface area (Å²) >= 11 is 0. The lowest BCUT2D eigenvalue weighted by Crippen LogP contribution is -2.13. The van der Waals surface area contributed by atoms with E-state index >= 15 is 0 Å². The molecule has 0 fully saturated rings. The molecule has 0 aliphatic carbocycles. The Labute approximate surface area is 111 Å². The zero-order valence-electron chi connectivity index (χ0n) is 11.1. The highest BCUT2D eigenvalue weighted by atomic mass is 16.2. The predicted octanol–water partition coefficient (Wildman–Crippen LogP) is 2.18. The van der Waals surface area contributed by atoms with Crippen molar-refractivity contribution < 1.29 is 9.59 Å². The van der Waals surface area contributed by atoms with Gasteiger partial charge in [-0.3, -0.25) is 14.3 Å². The van der Waals surface area contributed by atoms with Crippen LogP contribution in [0.4, 0.5) is 5.69 Å². The van der Waals surface area contributed by atoms with Gasteiger partial charge in [-0.05, 0) is 44.2 Å². The molecule has 0 aliphatic rings. The normalized spacial score (nSPS) is 10.3. The first-order valence-corrected chi connectivity index (χ1v) is 5.90. The second-order valence-electron chi connectivity index (χ2n) is 4.38. The Morgan fingerprint density at radius 3 is 2.32 bits per heavy atom. The molecule has 5 nitrogen and oxygen atoms in total. The summed E-state index contributed by atoms with van der Waals surface area (Å²) in [4.78, 5) is 23.1. The first kappa shape index (κ1) is 13.0. The standard InChI is InChI=1S/C14H15N3O2/c1-9-8-13(16-17(9)3)14(19)15-12-6-4-11(5-7-12)10(2)18/h4-8H,1-3H3,(H,15,19). The summed E-state index contributed by atoms with van der Waals surface area (Å²) in [5.41, 5.74) is 2.54. The van der Waals surface area contributed by atoms with E-state index in [1.54, 1.807) is 42.1 Å². The third-order valence-electron chi connectivity index (χ3n) is 2.90. The van der Waals surface area contributed by atoms with E-state index < -0.39 is 0 Å². The Morgan fingerprint density at radius 2 is 1.84 bits per heavy atom. The predicted molar refractivity (Wildman–Crippen MR) is 72.3 cm³/mol. The highest BCUT2D eigenvalue weighted by Gasteiger charge is 2.11. The number of rotatable bonds is 3. The molecule has 0 bridgehead atoms. The Hall–Kier alpha value is -2.43. The number of nitrogens with one attached hydrogen (secondary N) is 1. The number of aromatic nitrogens is 2. The molecule has 1 amide bonds. The van der Waals surface area contributed by atoms with Crippen LogP contribution in [0.1, 0.15) is 33.5 Å². The van der Waals surface area contributed by atoms with E-state index in [0.29, 0.717) is 16.9 Å². The van der Waals surface area contributed by atoms with Gasteiger partial charge in [0.25, 0.3) is 5.91 Å². The third kappa shape index (κ3) is 2.88. The molecule has 0 unspecified atom stereocenters. The van der Waals surface area contributed by atoms with Crippen LogP contribution < -0.4 is 5.32 Å². The Morgan fingerprint density at radius 1 is 1.21 bits per heavy atom. The van der Waals surface area contributed by atoms with Crippen molar-refractivity contribution in [2.75, 3.05) is 5.32 Å². The SMILES string of the molecule is CC(=O)c1ccc(NC(=O)c2cc(C)n(C)n2)cc1. The van der Waals surface area contributed by atoms with Crippen molar-refractivity contribution in [1.82, 2.24) is 9.78 Å². The molecule has 1 heterocycles. The van der Waals surface area contributed by atoms with Gasteiger partial charge in [0, 0.05) is 24.0 Å². The van der Waals surface area contributed by atoms with Crippen molar-refractivity contribution in [3.8, 4) is 0 Å². The molecule has 1 aromatic heterocycles. The summed E-state index contributed by atoms with van der Waals surface area (Å²) in [6.45, 7) is 3.38. The second kappa shape index (κ2) is 5.06. The van der Waals surface area contributed by atoms with Crippen molar-refractivity contribution >= 4 is 17.4 Å². The lowest BCUT2D eigenvalue weighted by molar-refractivity contribution is 0.101. The molecule has 0 aliphatic heterocycles. The number of ketones is 1. The number of carbonyl (C=O) groups excluding carboxylic acids is 2. The molecule has 0 saturated carbocycles. The summed E-state index contributed by atoms with van der Waals surface area (Å²) in [7, 11) is 1.79. The summed E-state index contributed by atoms with van der Waals surface area (Å²) in [5.74, 6) is -0.266. The zero-order chi connectivity index (χ0) is 14.0. The van der Waals surface area contributed by atoms with Crippen LogP contribution in [0.15, 0.2) is 30.3 Å². The molecule has 19 heavy (non-hydrogen) atoms. The number of nitrogens with zero attached hydrogens (tertiary/aromatic N) is 2. The largest absolute Gasteiger partial charge is 0.321 e. The van der Waals surface area contributed by atoms with Crippen molar-refractivity contribution in [3.05, 3.63) is 47.3 Å². The minimum absolute atomic E-state index is 0.00164. The highest BCUT2D eigenvalue weighted by Crippen LogP contribution is 2.12. The summed E-state index contributed by atoms with van der Waals surface area (Å²) in [6.07, 6.45) is 0. The van der Waals surface area contributed by atoms with Crippen molar-refractivity contribution in [3.63, 3.8) is 0 Å². The molecule has 0 saturated heterocycles. The van der Waals surface area contributed by atoms with E-state index in [0.717, 1.165) is 5.69 Å². The average Bonchev–Trinajstić information content (AvgIpc) is 2.70. The monoisotopic (exact) mass is 257 g/mol. The molecule has 2 aromatic rings. The number of Topliss-reactive ketones (excluding diaryl/α,β-unsaturated/α-hetero) is 1. The molecule has 1 aromatic carbocycles. The molecular weight excluding hydrogens is 242 g/mol. The van der Waals surface area contributed by atoms with Gasteiger partial charge in [-0.1, -0.05) is 0 Å². The molecule has 0 spiro atoms. The van der Waals surface area contributed by atoms with Crippen molar-refractivity contribution in [2.24, 2.45) is 7.05 Å². The molecule has 2 rings (SSSR count). The quantitative estimate of drug-likeness (QED) is 0.857. The topological polar surface area (TPSA) is 64.0 Å². The van der Waals surface area contributed by atoms with E-state index in [1.165, 1.54) is 6.92 Å². The molecule has 1 N–H and O–H groups in total. The van der Waals surface area contributed by atoms with Crippen LogP contribution in [-0.2, 0) is 7.05 Å². The molecule has 0 radical (unpaired) electrons. The highest BCUT2D eigenvalue weighted by molar-refractivity contribution is 6.03. The minimum atomic E-state index is -0.265. The van der Waals surface area contributed by atoms with Crippen LogP contribution in [-0.4, -0.2) is 21.5 Å². The van der Waals surface area contributed by atoms with Gasteiger partial charge >= 0.3 is 0 Å². The summed E-state index contributed by atoms with van der Waals surface area (Å²) in [5, 5.41) is 6.84. The van der Waals surface area contributed by atoms with Gasteiger partial charge < -0.3 is 5.32 Å².